The van der Waals surface area contributed by atoms with Crippen LogP contribution in [0.5, 0.6) is 5.75 Å². The lowest BCUT2D eigenvalue weighted by atomic mass is 10.0. The van der Waals surface area contributed by atoms with Gasteiger partial charge in [0.1, 0.15) is 5.75 Å². The molecule has 3 aromatic carbocycles. The second kappa shape index (κ2) is 9.40. The van der Waals surface area contributed by atoms with E-state index in [-0.39, 0.29) is 5.97 Å². The summed E-state index contributed by atoms with van der Waals surface area (Å²) in [5, 5.41) is 4.50. The average Bonchev–Trinajstić information content (AvgIpc) is 2.69. The monoisotopic (exact) mass is 364 g/mol. The summed E-state index contributed by atoms with van der Waals surface area (Å²) in [7, 11) is 0. The average molecular weight is 364 g/mol. The number of rotatable bonds is 9. The van der Waals surface area contributed by atoms with Crippen LogP contribution in [0.15, 0.2) is 54.6 Å². The molecule has 0 aliphatic carbocycles. The lowest BCUT2D eigenvalue weighted by molar-refractivity contribution is -0.151. The summed E-state index contributed by atoms with van der Waals surface area (Å²) >= 11 is 0. The molecule has 0 N–H and O–H groups in total. The van der Waals surface area contributed by atoms with E-state index in [9.17, 15) is 4.79 Å². The Labute approximate surface area is 161 Å². The van der Waals surface area contributed by atoms with Gasteiger partial charge in [0.25, 0.3) is 0 Å². The molecule has 0 spiro atoms. The quantitative estimate of drug-likeness (QED) is 0.255. The van der Waals surface area contributed by atoms with Gasteiger partial charge in [0.15, 0.2) is 6.10 Å². The number of carbonyl (C=O) groups is 1. The predicted molar refractivity (Wildman–Crippen MR) is 111 cm³/mol. The van der Waals surface area contributed by atoms with Gasteiger partial charge < -0.3 is 9.47 Å². The van der Waals surface area contributed by atoms with Crippen LogP contribution in [-0.2, 0) is 9.53 Å². The minimum Gasteiger partial charge on any atom is -0.478 e. The maximum absolute atomic E-state index is 12.4. The molecule has 3 heteroatoms. The Hall–Kier alpha value is -2.55. The third kappa shape index (κ3) is 4.79. The van der Waals surface area contributed by atoms with E-state index in [1.54, 1.807) is 0 Å². The second-order valence-electron chi connectivity index (χ2n) is 6.88. The van der Waals surface area contributed by atoms with Crippen LogP contribution in [0.3, 0.4) is 0 Å². The molecule has 0 fully saturated rings. The molecule has 0 amide bonds. The third-order valence-electron chi connectivity index (χ3n) is 4.85. The summed E-state index contributed by atoms with van der Waals surface area (Å²) in [6, 6.07) is 18.6. The number of benzene rings is 3. The normalized spacial score (nSPS) is 12.2. The molecule has 1 unspecified atom stereocenters. The van der Waals surface area contributed by atoms with Crippen molar-refractivity contribution < 1.29 is 14.3 Å². The van der Waals surface area contributed by atoms with Crippen LogP contribution in [0, 0.1) is 0 Å². The van der Waals surface area contributed by atoms with Crippen molar-refractivity contribution >= 4 is 27.5 Å². The van der Waals surface area contributed by atoms with Crippen molar-refractivity contribution in [2.45, 2.75) is 52.1 Å². The van der Waals surface area contributed by atoms with Crippen LogP contribution < -0.4 is 4.74 Å². The SMILES string of the molecule is CCCCCCC(Oc1cccc2cc3ccccc3cc12)C(=O)OCC. The minimum atomic E-state index is -0.557. The van der Waals surface area contributed by atoms with Crippen molar-refractivity contribution in [3.8, 4) is 5.75 Å². The summed E-state index contributed by atoms with van der Waals surface area (Å²) in [5.41, 5.74) is 0. The van der Waals surface area contributed by atoms with Crippen molar-refractivity contribution in [1.29, 1.82) is 0 Å². The summed E-state index contributed by atoms with van der Waals surface area (Å²) in [4.78, 5) is 12.4. The molecule has 1 atom stereocenters. The topological polar surface area (TPSA) is 35.5 Å². The smallest absolute Gasteiger partial charge is 0.347 e. The van der Waals surface area contributed by atoms with Gasteiger partial charge in [-0.05, 0) is 54.1 Å². The van der Waals surface area contributed by atoms with E-state index in [1.807, 2.05) is 31.2 Å². The highest BCUT2D eigenvalue weighted by molar-refractivity contribution is 6.01. The Kier molecular flexibility index (Phi) is 6.69. The molecule has 3 nitrogen and oxygen atoms in total. The fourth-order valence-electron chi connectivity index (χ4n) is 3.41. The Morgan fingerprint density at radius 2 is 1.63 bits per heavy atom. The zero-order valence-electron chi connectivity index (χ0n) is 16.2. The van der Waals surface area contributed by atoms with E-state index in [1.165, 1.54) is 18.2 Å². The fourth-order valence-corrected chi connectivity index (χ4v) is 3.41. The molecule has 3 aromatic rings. The van der Waals surface area contributed by atoms with Crippen molar-refractivity contribution in [3.05, 3.63) is 54.6 Å². The van der Waals surface area contributed by atoms with Crippen molar-refractivity contribution in [2.24, 2.45) is 0 Å². The van der Waals surface area contributed by atoms with Gasteiger partial charge in [0.2, 0.25) is 0 Å². The maximum Gasteiger partial charge on any atom is 0.347 e. The third-order valence-corrected chi connectivity index (χ3v) is 4.85. The molecule has 0 aliphatic heterocycles. The number of fused-ring (bicyclic) bond motifs is 2. The summed E-state index contributed by atoms with van der Waals surface area (Å²) in [6.07, 6.45) is 4.54. The first kappa shape index (κ1) is 19.2. The fraction of sp³-hybridized carbons (Fsp3) is 0.375. The molecule has 3 rings (SSSR count). The first-order valence-electron chi connectivity index (χ1n) is 9.97. The van der Waals surface area contributed by atoms with Crippen LogP contribution in [0.1, 0.15) is 46.0 Å². The highest BCUT2D eigenvalue weighted by Gasteiger charge is 2.22. The molecule has 0 aromatic heterocycles. The molecule has 0 saturated heterocycles. The van der Waals surface area contributed by atoms with E-state index in [2.05, 4.69) is 37.3 Å². The van der Waals surface area contributed by atoms with Gasteiger partial charge in [0.05, 0.1) is 6.61 Å². The van der Waals surface area contributed by atoms with Gasteiger partial charge in [0, 0.05) is 5.39 Å². The van der Waals surface area contributed by atoms with Crippen LogP contribution in [0.4, 0.5) is 0 Å². The molecule has 0 bridgehead atoms. The van der Waals surface area contributed by atoms with Crippen LogP contribution in [0.2, 0.25) is 0 Å². The zero-order valence-corrected chi connectivity index (χ0v) is 16.2. The zero-order chi connectivity index (χ0) is 19.1. The molecular weight excluding hydrogens is 336 g/mol. The standard InChI is InChI=1S/C24H28O3/c1-3-5-6-7-14-23(24(25)26-4-2)27-22-15-10-13-20-16-18-11-8-9-12-19(18)17-21(20)22/h8-13,15-17,23H,3-7,14H2,1-2H3. The molecular formula is C24H28O3. The van der Waals surface area contributed by atoms with Crippen molar-refractivity contribution in [2.75, 3.05) is 6.61 Å². The van der Waals surface area contributed by atoms with Crippen LogP contribution in [0.25, 0.3) is 21.5 Å². The summed E-state index contributed by atoms with van der Waals surface area (Å²) < 4.78 is 11.4. The first-order chi connectivity index (χ1) is 13.2. The van der Waals surface area contributed by atoms with Gasteiger partial charge in [-0.25, -0.2) is 4.79 Å². The van der Waals surface area contributed by atoms with Crippen LogP contribution in [-0.4, -0.2) is 18.7 Å². The predicted octanol–water partition coefficient (Wildman–Crippen LogP) is 6.27. The Balaban J connectivity index is 1.88. The lowest BCUT2D eigenvalue weighted by Gasteiger charge is -2.19. The van der Waals surface area contributed by atoms with Crippen molar-refractivity contribution in [1.82, 2.24) is 0 Å². The largest absolute Gasteiger partial charge is 0.478 e. The molecule has 0 saturated carbocycles. The molecule has 142 valence electrons. The van der Waals surface area contributed by atoms with E-state index < -0.39 is 6.10 Å². The number of hydrogen-bond donors (Lipinski definition) is 0. The maximum atomic E-state index is 12.4. The van der Waals surface area contributed by atoms with E-state index in [4.69, 9.17) is 9.47 Å². The van der Waals surface area contributed by atoms with Gasteiger partial charge >= 0.3 is 5.97 Å². The van der Waals surface area contributed by atoms with E-state index in [0.29, 0.717) is 13.0 Å². The summed E-state index contributed by atoms with van der Waals surface area (Å²) in [5.74, 6) is 0.471. The van der Waals surface area contributed by atoms with Gasteiger partial charge in [-0.3, -0.25) is 0 Å². The highest BCUT2D eigenvalue weighted by Crippen LogP contribution is 2.31. The van der Waals surface area contributed by atoms with E-state index in [0.717, 1.165) is 34.7 Å². The summed E-state index contributed by atoms with van der Waals surface area (Å²) in [6.45, 7) is 4.38. The minimum absolute atomic E-state index is 0.271. The Bertz CT molecular complexity index is 900. The molecule has 0 radical (unpaired) electrons. The molecule has 0 aliphatic rings. The number of esters is 1. The van der Waals surface area contributed by atoms with Crippen molar-refractivity contribution in [3.63, 3.8) is 0 Å². The number of carbonyl (C=O) groups excluding carboxylic acids is 1. The Morgan fingerprint density at radius 3 is 2.37 bits per heavy atom. The first-order valence-corrected chi connectivity index (χ1v) is 9.97. The highest BCUT2D eigenvalue weighted by atomic mass is 16.6. The number of unbranched alkanes of at least 4 members (excludes halogenated alkanes) is 3. The van der Waals surface area contributed by atoms with Crippen LogP contribution >= 0.6 is 0 Å². The van der Waals surface area contributed by atoms with E-state index >= 15 is 0 Å². The van der Waals surface area contributed by atoms with Gasteiger partial charge in [-0.1, -0.05) is 62.6 Å². The number of hydrogen-bond acceptors (Lipinski definition) is 3. The van der Waals surface area contributed by atoms with Gasteiger partial charge in [-0.15, -0.1) is 0 Å². The number of ether oxygens (including phenoxy) is 2. The Morgan fingerprint density at radius 1 is 0.889 bits per heavy atom. The second-order valence-corrected chi connectivity index (χ2v) is 6.88. The molecule has 0 heterocycles. The van der Waals surface area contributed by atoms with Gasteiger partial charge in [-0.2, -0.15) is 0 Å². The molecule has 27 heavy (non-hydrogen) atoms. The lowest BCUT2D eigenvalue weighted by Crippen LogP contribution is -2.29.